The summed E-state index contributed by atoms with van der Waals surface area (Å²) in [5, 5.41) is 2.62. The van der Waals surface area contributed by atoms with Gasteiger partial charge in [-0.25, -0.2) is 18.4 Å². The summed E-state index contributed by atoms with van der Waals surface area (Å²) in [5.41, 5.74) is 0.679. The van der Waals surface area contributed by atoms with Crippen LogP contribution in [0.3, 0.4) is 0 Å². The molecule has 0 aliphatic carbocycles. The zero-order chi connectivity index (χ0) is 19.5. The Morgan fingerprint density at radius 1 is 1.35 bits per heavy atom. The number of piperidine rings is 1. The Kier molecular flexibility index (Phi) is 6.74. The summed E-state index contributed by atoms with van der Waals surface area (Å²) in [4.78, 5) is 22.8. The number of carbonyl (C=O) groups excluding carboxylic acids is 1. The largest absolute Gasteiger partial charge is 0.349 e. The molecule has 1 amide bonds. The van der Waals surface area contributed by atoms with Crippen molar-refractivity contribution < 1.29 is 13.2 Å². The monoisotopic (exact) mass is 382 g/mol. The molecular weight excluding hydrogens is 352 g/mol. The number of nitrogens with zero attached hydrogens (tertiary/aromatic N) is 3. The molecule has 0 saturated carbocycles. The van der Waals surface area contributed by atoms with E-state index in [0.717, 1.165) is 25.3 Å². The van der Waals surface area contributed by atoms with Gasteiger partial charge in [0.15, 0.2) is 0 Å². The number of rotatable bonds is 6. The molecule has 0 radical (unpaired) electrons. The van der Waals surface area contributed by atoms with Crippen molar-refractivity contribution in [2.24, 2.45) is 11.8 Å². The molecule has 2 rings (SSSR count). The summed E-state index contributed by atoms with van der Waals surface area (Å²) in [6.07, 6.45) is 4.77. The van der Waals surface area contributed by atoms with E-state index in [1.54, 1.807) is 6.92 Å². The molecule has 1 saturated heterocycles. The van der Waals surface area contributed by atoms with Crippen LogP contribution >= 0.6 is 0 Å². The zero-order valence-electron chi connectivity index (χ0n) is 16.3. The van der Waals surface area contributed by atoms with E-state index >= 15 is 0 Å². The highest BCUT2D eigenvalue weighted by Gasteiger charge is 2.26. The van der Waals surface area contributed by atoms with Gasteiger partial charge < -0.3 is 5.32 Å². The Morgan fingerprint density at radius 3 is 2.50 bits per heavy atom. The number of likely N-dealkylation sites (tertiary alicyclic amines) is 1. The number of hydrogen-bond acceptors (Lipinski definition) is 6. The number of carbonyl (C=O) groups is 1. The fraction of sp³-hybridized carbons (Fsp3) is 0.722. The molecule has 146 valence electrons. The molecule has 1 atom stereocenters. The molecule has 0 bridgehead atoms. The van der Waals surface area contributed by atoms with Crippen molar-refractivity contribution in [1.82, 2.24) is 20.2 Å². The van der Waals surface area contributed by atoms with E-state index in [9.17, 15) is 13.2 Å². The van der Waals surface area contributed by atoms with Crippen LogP contribution in [0.2, 0.25) is 0 Å². The Balaban J connectivity index is 2.09. The average molecular weight is 383 g/mol. The van der Waals surface area contributed by atoms with Crippen LogP contribution in [0.1, 0.15) is 49.7 Å². The normalized spacial score (nSPS) is 18.1. The van der Waals surface area contributed by atoms with Crippen molar-refractivity contribution in [3.63, 3.8) is 0 Å². The van der Waals surface area contributed by atoms with E-state index in [-0.39, 0.29) is 22.8 Å². The van der Waals surface area contributed by atoms with E-state index in [0.29, 0.717) is 18.0 Å². The number of aryl methyl sites for hydroxylation is 1. The van der Waals surface area contributed by atoms with Gasteiger partial charge in [0.25, 0.3) is 5.91 Å². The lowest BCUT2D eigenvalue weighted by Crippen LogP contribution is -2.49. The molecule has 1 aliphatic rings. The second kappa shape index (κ2) is 8.43. The van der Waals surface area contributed by atoms with Crippen molar-refractivity contribution in [3.8, 4) is 0 Å². The smallest absolute Gasteiger partial charge is 0.270 e. The third kappa shape index (κ3) is 5.23. The SMILES string of the molecule is Cc1cnc(S(C)(=O)=O)nc1C(=O)NC[C@@H](C(C)C)N1CCC(C)CC1. The summed E-state index contributed by atoms with van der Waals surface area (Å²) in [7, 11) is -3.55. The van der Waals surface area contributed by atoms with Crippen molar-refractivity contribution in [1.29, 1.82) is 0 Å². The number of sulfone groups is 1. The lowest BCUT2D eigenvalue weighted by atomic mass is 9.94. The Hall–Kier alpha value is -1.54. The third-order valence-corrected chi connectivity index (χ3v) is 5.88. The molecule has 0 unspecified atom stereocenters. The second-order valence-electron chi connectivity index (χ2n) is 7.70. The van der Waals surface area contributed by atoms with Gasteiger partial charge in [-0.1, -0.05) is 20.8 Å². The van der Waals surface area contributed by atoms with E-state index < -0.39 is 9.84 Å². The molecule has 26 heavy (non-hydrogen) atoms. The van der Waals surface area contributed by atoms with Crippen molar-refractivity contribution >= 4 is 15.7 Å². The molecule has 0 spiro atoms. The number of aromatic nitrogens is 2. The van der Waals surface area contributed by atoms with Crippen LogP contribution in [0.25, 0.3) is 0 Å². The molecule has 0 aromatic carbocycles. The Bertz CT molecular complexity index is 741. The first kappa shape index (κ1) is 20.8. The molecule has 1 N–H and O–H groups in total. The summed E-state index contributed by atoms with van der Waals surface area (Å²) in [6, 6.07) is 0.253. The molecule has 7 nitrogen and oxygen atoms in total. The first-order chi connectivity index (χ1) is 12.1. The average Bonchev–Trinajstić information content (AvgIpc) is 2.55. The molecular formula is C18H30N4O3S. The molecule has 1 fully saturated rings. The van der Waals surface area contributed by atoms with Crippen molar-refractivity contribution in [2.45, 2.75) is 51.7 Å². The topological polar surface area (TPSA) is 92.3 Å². The molecule has 1 aromatic rings. The minimum absolute atomic E-state index is 0.121. The summed E-state index contributed by atoms with van der Waals surface area (Å²) >= 11 is 0. The van der Waals surface area contributed by atoms with Gasteiger partial charge >= 0.3 is 0 Å². The Labute approximate surface area is 156 Å². The first-order valence-corrected chi connectivity index (χ1v) is 11.0. The standard InChI is InChI=1S/C18H30N4O3S/c1-12(2)15(22-8-6-13(3)7-9-22)11-19-17(23)16-14(4)10-20-18(21-16)26(5,24)25/h10,12-13,15H,6-9,11H2,1-5H3,(H,19,23)/t15-/m0/s1. The van der Waals surface area contributed by atoms with Gasteiger partial charge in [0.05, 0.1) is 0 Å². The van der Waals surface area contributed by atoms with Crippen LogP contribution in [0.4, 0.5) is 0 Å². The highest BCUT2D eigenvalue weighted by Crippen LogP contribution is 2.21. The van der Waals surface area contributed by atoms with E-state index in [2.05, 4.69) is 41.0 Å². The summed E-state index contributed by atoms with van der Waals surface area (Å²) in [5.74, 6) is 0.805. The van der Waals surface area contributed by atoms with E-state index in [1.165, 1.54) is 19.0 Å². The highest BCUT2D eigenvalue weighted by molar-refractivity contribution is 7.90. The fourth-order valence-corrected chi connectivity index (χ4v) is 3.76. The maximum Gasteiger partial charge on any atom is 0.270 e. The van der Waals surface area contributed by atoms with Gasteiger partial charge in [0.1, 0.15) is 5.69 Å². The van der Waals surface area contributed by atoms with E-state index in [1.807, 2.05) is 0 Å². The quantitative estimate of drug-likeness (QED) is 0.753. The number of hydrogen-bond donors (Lipinski definition) is 1. The Morgan fingerprint density at radius 2 is 1.96 bits per heavy atom. The first-order valence-electron chi connectivity index (χ1n) is 9.15. The molecule has 2 heterocycles. The second-order valence-corrected chi connectivity index (χ2v) is 9.61. The van der Waals surface area contributed by atoms with Gasteiger partial charge in [0, 0.05) is 25.0 Å². The maximum absolute atomic E-state index is 12.6. The van der Waals surface area contributed by atoms with Crippen LogP contribution in [0.15, 0.2) is 11.4 Å². The van der Waals surface area contributed by atoms with Crippen LogP contribution in [-0.4, -0.2) is 61.1 Å². The van der Waals surface area contributed by atoms with Gasteiger partial charge in [-0.3, -0.25) is 9.69 Å². The highest BCUT2D eigenvalue weighted by atomic mass is 32.2. The van der Waals surface area contributed by atoms with Gasteiger partial charge in [-0.15, -0.1) is 0 Å². The van der Waals surface area contributed by atoms with Crippen LogP contribution in [-0.2, 0) is 9.84 Å². The zero-order valence-corrected chi connectivity index (χ0v) is 17.1. The number of nitrogens with one attached hydrogen (secondary N) is 1. The van der Waals surface area contributed by atoms with Gasteiger partial charge in [-0.2, -0.15) is 0 Å². The molecule has 1 aliphatic heterocycles. The predicted octanol–water partition coefficient (Wildman–Crippen LogP) is 1.67. The van der Waals surface area contributed by atoms with Crippen LogP contribution in [0, 0.1) is 18.8 Å². The maximum atomic E-state index is 12.6. The molecule has 1 aromatic heterocycles. The minimum Gasteiger partial charge on any atom is -0.349 e. The van der Waals surface area contributed by atoms with Crippen LogP contribution < -0.4 is 5.32 Å². The van der Waals surface area contributed by atoms with Crippen LogP contribution in [0.5, 0.6) is 0 Å². The summed E-state index contributed by atoms with van der Waals surface area (Å²) < 4.78 is 23.3. The van der Waals surface area contributed by atoms with Gasteiger partial charge in [0.2, 0.25) is 15.0 Å². The predicted molar refractivity (Wildman–Crippen MR) is 101 cm³/mol. The summed E-state index contributed by atoms with van der Waals surface area (Å²) in [6.45, 7) is 10.9. The van der Waals surface area contributed by atoms with Gasteiger partial charge in [-0.05, 0) is 50.3 Å². The fourth-order valence-electron chi connectivity index (χ4n) is 3.26. The lowest BCUT2D eigenvalue weighted by Gasteiger charge is -2.38. The van der Waals surface area contributed by atoms with Crippen molar-refractivity contribution in [2.75, 3.05) is 25.9 Å². The number of amides is 1. The van der Waals surface area contributed by atoms with E-state index in [4.69, 9.17) is 0 Å². The third-order valence-electron chi connectivity index (χ3n) is 5.02. The lowest BCUT2D eigenvalue weighted by molar-refractivity contribution is 0.0857. The minimum atomic E-state index is -3.55. The van der Waals surface area contributed by atoms with Crippen molar-refractivity contribution in [3.05, 3.63) is 17.5 Å². The molecule has 8 heteroatoms.